The second kappa shape index (κ2) is 9.56. The highest BCUT2D eigenvalue weighted by Crippen LogP contribution is 2.30. The fourth-order valence-corrected chi connectivity index (χ4v) is 2.86. The maximum Gasteiger partial charge on any atom is 0.311 e. The highest BCUT2D eigenvalue weighted by Gasteiger charge is 2.19. The third kappa shape index (κ3) is 5.14. The molecule has 1 amide bonds. The number of ether oxygens (including phenoxy) is 2. The molecule has 3 rings (SSSR count). The molecule has 7 heteroatoms. The molecule has 30 heavy (non-hydrogen) atoms. The molecule has 0 saturated heterocycles. The zero-order valence-electron chi connectivity index (χ0n) is 16.8. The highest BCUT2D eigenvalue weighted by molar-refractivity contribution is 6.05. The van der Waals surface area contributed by atoms with Crippen molar-refractivity contribution in [3.05, 3.63) is 93.5 Å². The average molecular weight is 406 g/mol. The summed E-state index contributed by atoms with van der Waals surface area (Å²) in [5, 5.41) is 14.1. The monoisotopic (exact) mass is 406 g/mol. The van der Waals surface area contributed by atoms with E-state index in [1.807, 2.05) is 49.4 Å². The van der Waals surface area contributed by atoms with Crippen LogP contribution in [0.2, 0.25) is 0 Å². The second-order valence-corrected chi connectivity index (χ2v) is 6.60. The molecule has 3 aromatic carbocycles. The minimum atomic E-state index is -0.567. The van der Waals surface area contributed by atoms with Gasteiger partial charge in [0.1, 0.15) is 12.4 Å². The number of benzene rings is 3. The van der Waals surface area contributed by atoms with Gasteiger partial charge in [0.2, 0.25) is 0 Å². The Morgan fingerprint density at radius 3 is 2.47 bits per heavy atom. The molecule has 0 heterocycles. The molecule has 1 N–H and O–H groups in total. The van der Waals surface area contributed by atoms with E-state index in [0.29, 0.717) is 18.0 Å². The molecule has 0 fully saturated rings. The number of nitro groups is 1. The van der Waals surface area contributed by atoms with Crippen molar-refractivity contribution < 1.29 is 19.2 Å². The van der Waals surface area contributed by atoms with E-state index < -0.39 is 10.8 Å². The van der Waals surface area contributed by atoms with Gasteiger partial charge in [-0.25, -0.2) is 0 Å². The Morgan fingerprint density at radius 1 is 1.00 bits per heavy atom. The van der Waals surface area contributed by atoms with Crippen molar-refractivity contribution >= 4 is 17.3 Å². The van der Waals surface area contributed by atoms with E-state index in [9.17, 15) is 14.9 Å². The summed E-state index contributed by atoms with van der Waals surface area (Å²) in [6.07, 6.45) is 0. The largest absolute Gasteiger partial charge is 0.487 e. The van der Waals surface area contributed by atoms with Crippen molar-refractivity contribution in [2.45, 2.75) is 20.5 Å². The van der Waals surface area contributed by atoms with Crippen molar-refractivity contribution in [3.63, 3.8) is 0 Å². The number of nitrogens with one attached hydrogen (secondary N) is 1. The van der Waals surface area contributed by atoms with Gasteiger partial charge >= 0.3 is 5.69 Å². The Labute approximate surface area is 174 Å². The summed E-state index contributed by atoms with van der Waals surface area (Å²) in [5.74, 6) is 0.170. The van der Waals surface area contributed by atoms with Crippen molar-refractivity contribution in [2.24, 2.45) is 0 Å². The highest BCUT2D eigenvalue weighted by atomic mass is 16.6. The van der Waals surface area contributed by atoms with Gasteiger partial charge in [-0.1, -0.05) is 36.4 Å². The van der Waals surface area contributed by atoms with Crippen molar-refractivity contribution in [3.8, 4) is 11.5 Å². The van der Waals surface area contributed by atoms with Crippen LogP contribution in [0.1, 0.15) is 28.4 Å². The molecule has 3 aromatic rings. The van der Waals surface area contributed by atoms with E-state index in [2.05, 4.69) is 5.32 Å². The Hall–Kier alpha value is -3.87. The van der Waals surface area contributed by atoms with Crippen LogP contribution in [0.15, 0.2) is 66.7 Å². The first-order valence-corrected chi connectivity index (χ1v) is 9.48. The van der Waals surface area contributed by atoms with Gasteiger partial charge in [-0.15, -0.1) is 0 Å². The molecule has 0 saturated carbocycles. The van der Waals surface area contributed by atoms with Crippen LogP contribution in [0, 0.1) is 17.0 Å². The summed E-state index contributed by atoms with van der Waals surface area (Å²) < 4.78 is 11.2. The number of nitro benzene ring substituents is 1. The zero-order valence-corrected chi connectivity index (χ0v) is 16.8. The van der Waals surface area contributed by atoms with Gasteiger partial charge in [0.05, 0.1) is 17.2 Å². The quantitative estimate of drug-likeness (QED) is 0.413. The fourth-order valence-electron chi connectivity index (χ4n) is 2.86. The Morgan fingerprint density at radius 2 is 1.77 bits per heavy atom. The van der Waals surface area contributed by atoms with Crippen LogP contribution in [-0.4, -0.2) is 17.4 Å². The molecule has 0 atom stereocenters. The summed E-state index contributed by atoms with van der Waals surface area (Å²) in [6.45, 7) is 4.30. The first-order valence-electron chi connectivity index (χ1n) is 9.48. The van der Waals surface area contributed by atoms with Crippen LogP contribution in [-0.2, 0) is 6.61 Å². The molecule has 0 aliphatic heterocycles. The van der Waals surface area contributed by atoms with Crippen molar-refractivity contribution in [1.29, 1.82) is 0 Å². The van der Waals surface area contributed by atoms with Crippen LogP contribution in [0.4, 0.5) is 11.4 Å². The molecule has 0 spiro atoms. The number of carbonyl (C=O) groups excluding carboxylic acids is 1. The van der Waals surface area contributed by atoms with E-state index in [1.165, 1.54) is 18.2 Å². The summed E-state index contributed by atoms with van der Waals surface area (Å²) >= 11 is 0. The van der Waals surface area contributed by atoms with Crippen LogP contribution in [0.5, 0.6) is 11.5 Å². The predicted molar refractivity (Wildman–Crippen MR) is 114 cm³/mol. The van der Waals surface area contributed by atoms with E-state index in [-0.39, 0.29) is 23.6 Å². The summed E-state index contributed by atoms with van der Waals surface area (Å²) in [4.78, 5) is 23.5. The average Bonchev–Trinajstić information content (AvgIpc) is 2.75. The third-order valence-electron chi connectivity index (χ3n) is 4.34. The number of aryl methyl sites for hydroxylation is 1. The standard InChI is InChI=1S/C23H22N2O5/c1-3-29-21-12-10-18(14-20(21)25(27)28)23(26)24-19-11-9-16(2)13-22(19)30-15-17-7-5-4-6-8-17/h4-14H,3,15H2,1-2H3,(H,24,26). The molecular formula is C23H22N2O5. The van der Waals surface area contributed by atoms with Gasteiger partial charge in [-0.3, -0.25) is 14.9 Å². The van der Waals surface area contributed by atoms with E-state index in [1.54, 1.807) is 13.0 Å². The number of rotatable bonds is 8. The Kier molecular flexibility index (Phi) is 6.64. The SMILES string of the molecule is CCOc1ccc(C(=O)Nc2ccc(C)cc2OCc2ccccc2)cc1[N+](=O)[O-]. The molecule has 0 aliphatic rings. The lowest BCUT2D eigenvalue weighted by molar-refractivity contribution is -0.385. The van der Waals surface area contributed by atoms with Gasteiger partial charge in [0.15, 0.2) is 5.75 Å². The molecule has 7 nitrogen and oxygen atoms in total. The molecule has 0 aromatic heterocycles. The molecule has 0 bridgehead atoms. The van der Waals surface area contributed by atoms with E-state index in [0.717, 1.165) is 11.1 Å². The first-order chi connectivity index (χ1) is 14.5. The molecular weight excluding hydrogens is 384 g/mol. The van der Waals surface area contributed by atoms with Crippen LogP contribution in [0.3, 0.4) is 0 Å². The summed E-state index contributed by atoms with van der Waals surface area (Å²) in [6, 6.07) is 19.2. The number of carbonyl (C=O) groups is 1. The van der Waals surface area contributed by atoms with Crippen LogP contribution >= 0.6 is 0 Å². The zero-order chi connectivity index (χ0) is 21.5. The number of nitrogens with zero attached hydrogens (tertiary/aromatic N) is 1. The van der Waals surface area contributed by atoms with Crippen LogP contribution < -0.4 is 14.8 Å². The Bertz CT molecular complexity index is 1050. The van der Waals surface area contributed by atoms with E-state index >= 15 is 0 Å². The first kappa shape index (κ1) is 20.9. The van der Waals surface area contributed by atoms with Gasteiger partial charge in [-0.2, -0.15) is 0 Å². The minimum Gasteiger partial charge on any atom is -0.487 e. The number of anilines is 1. The maximum absolute atomic E-state index is 12.7. The lowest BCUT2D eigenvalue weighted by Gasteiger charge is -2.14. The molecule has 0 aliphatic carbocycles. The summed E-state index contributed by atoms with van der Waals surface area (Å²) in [7, 11) is 0. The fraction of sp³-hybridized carbons (Fsp3) is 0.174. The second-order valence-electron chi connectivity index (χ2n) is 6.60. The van der Waals surface area contributed by atoms with Gasteiger partial charge in [0.25, 0.3) is 5.91 Å². The normalized spacial score (nSPS) is 10.3. The molecule has 154 valence electrons. The van der Waals surface area contributed by atoms with E-state index in [4.69, 9.17) is 9.47 Å². The number of hydrogen-bond donors (Lipinski definition) is 1. The van der Waals surface area contributed by atoms with Crippen molar-refractivity contribution in [2.75, 3.05) is 11.9 Å². The lowest BCUT2D eigenvalue weighted by atomic mass is 10.1. The van der Waals surface area contributed by atoms with Gasteiger partial charge < -0.3 is 14.8 Å². The van der Waals surface area contributed by atoms with Crippen LogP contribution in [0.25, 0.3) is 0 Å². The topological polar surface area (TPSA) is 90.7 Å². The summed E-state index contributed by atoms with van der Waals surface area (Å²) in [5.41, 5.74) is 2.36. The minimum absolute atomic E-state index is 0.126. The Balaban J connectivity index is 1.81. The smallest absolute Gasteiger partial charge is 0.311 e. The maximum atomic E-state index is 12.7. The van der Waals surface area contributed by atoms with Gasteiger partial charge in [-0.05, 0) is 49.2 Å². The lowest BCUT2D eigenvalue weighted by Crippen LogP contribution is -2.13. The van der Waals surface area contributed by atoms with Crippen molar-refractivity contribution in [1.82, 2.24) is 0 Å². The number of amides is 1. The third-order valence-corrected chi connectivity index (χ3v) is 4.34. The van der Waals surface area contributed by atoms with Gasteiger partial charge in [0, 0.05) is 11.6 Å². The molecule has 0 radical (unpaired) electrons. The molecule has 0 unspecified atom stereocenters. The predicted octanol–water partition coefficient (Wildman–Crippen LogP) is 5.13. The number of hydrogen-bond acceptors (Lipinski definition) is 5.